The van der Waals surface area contributed by atoms with Crippen molar-refractivity contribution in [2.75, 3.05) is 6.54 Å². The number of sulfonamides is 1. The van der Waals surface area contributed by atoms with E-state index in [1.807, 2.05) is 30.3 Å². The van der Waals surface area contributed by atoms with E-state index in [-0.39, 0.29) is 30.5 Å². The molecule has 1 heterocycles. The lowest BCUT2D eigenvalue weighted by Crippen LogP contribution is -2.56. The van der Waals surface area contributed by atoms with E-state index >= 15 is 0 Å². The summed E-state index contributed by atoms with van der Waals surface area (Å²) in [5.74, 6) is 0.638. The molecule has 0 radical (unpaired) electrons. The molecule has 1 aromatic heterocycles. The maximum atomic E-state index is 14.2. The van der Waals surface area contributed by atoms with Crippen LogP contribution in [0.4, 0.5) is 0 Å². The third-order valence-electron chi connectivity index (χ3n) is 11.6. The van der Waals surface area contributed by atoms with Crippen molar-refractivity contribution in [1.29, 1.82) is 0 Å². The quantitative estimate of drug-likeness (QED) is 0.316. The number of benzene rings is 2. The van der Waals surface area contributed by atoms with Gasteiger partial charge in [-0.1, -0.05) is 85.7 Å². The van der Waals surface area contributed by atoms with Gasteiger partial charge in [0.25, 0.3) is 10.0 Å². The molecule has 2 aromatic carbocycles. The smallest absolute Gasteiger partial charge is 0.252 e. The fraction of sp³-hybridized carbons (Fsp3) is 0.486. The van der Waals surface area contributed by atoms with Crippen molar-refractivity contribution >= 4 is 32.1 Å². The predicted octanol–water partition coefficient (Wildman–Crippen LogP) is 7.07. The molecule has 0 bridgehead atoms. The minimum atomic E-state index is -3.82. The van der Waals surface area contributed by atoms with E-state index in [0.29, 0.717) is 16.5 Å². The Labute approximate surface area is 253 Å². The van der Waals surface area contributed by atoms with Crippen LogP contribution >= 0.6 is 11.3 Å². The highest BCUT2D eigenvalue weighted by Crippen LogP contribution is 2.66. The van der Waals surface area contributed by atoms with Crippen molar-refractivity contribution in [3.05, 3.63) is 88.8 Å². The summed E-state index contributed by atoms with van der Waals surface area (Å²) >= 11 is 1.23. The van der Waals surface area contributed by atoms with E-state index < -0.39 is 21.0 Å². The second kappa shape index (κ2) is 10.1. The Morgan fingerprint density at radius 1 is 0.929 bits per heavy atom. The largest absolute Gasteiger partial charge is 0.393 e. The normalized spacial score (nSPS) is 34.5. The Hall–Kier alpha value is -2.29. The zero-order chi connectivity index (χ0) is 29.3. The van der Waals surface area contributed by atoms with E-state index in [0.717, 1.165) is 54.9 Å². The summed E-state index contributed by atoms with van der Waals surface area (Å²) in [6.45, 7) is 4.88. The molecule has 4 aliphatic rings. The first-order valence-electron chi connectivity index (χ1n) is 15.4. The molecule has 7 rings (SSSR count). The molecule has 2 N–H and O–H groups in total. The number of allylic oxidation sites excluding steroid dienone is 3. The van der Waals surface area contributed by atoms with Crippen molar-refractivity contribution in [2.45, 2.75) is 81.3 Å². The number of rotatable bonds is 6. The number of fused-ring (bicyclic) bond motifs is 6. The van der Waals surface area contributed by atoms with Crippen LogP contribution < -0.4 is 0 Å². The SMILES string of the molecule is C[C@]12CC[C@H](O)CC1=CC=C1[C@@H]2CC[C@@]2(C)[C@H]1CC[C@@]2(O)CN(Cc1cccc2ccccc12)S(=O)(=O)c1cccs1. The number of nitrogens with zero attached hydrogens (tertiary/aromatic N) is 1. The van der Waals surface area contributed by atoms with Gasteiger partial charge in [-0.05, 0) is 90.0 Å². The molecule has 222 valence electrons. The van der Waals surface area contributed by atoms with Gasteiger partial charge in [-0.25, -0.2) is 8.42 Å². The van der Waals surface area contributed by atoms with Crippen LogP contribution in [0.2, 0.25) is 0 Å². The molecule has 0 spiro atoms. The third-order valence-corrected chi connectivity index (χ3v) is 14.8. The molecule has 5 nitrogen and oxygen atoms in total. The van der Waals surface area contributed by atoms with Gasteiger partial charge < -0.3 is 10.2 Å². The van der Waals surface area contributed by atoms with Crippen LogP contribution in [0.1, 0.15) is 64.4 Å². The molecule has 0 saturated heterocycles. The van der Waals surface area contributed by atoms with Crippen LogP contribution in [0.3, 0.4) is 0 Å². The Bertz CT molecular complexity index is 1670. The number of aliphatic hydroxyl groups is 2. The van der Waals surface area contributed by atoms with Crippen LogP contribution in [-0.4, -0.2) is 41.2 Å². The van der Waals surface area contributed by atoms with Gasteiger partial charge in [0.1, 0.15) is 4.21 Å². The summed E-state index contributed by atoms with van der Waals surface area (Å²) in [6.07, 6.45) is 10.2. The number of hydrogen-bond donors (Lipinski definition) is 2. The fourth-order valence-electron chi connectivity index (χ4n) is 9.03. The zero-order valence-corrected chi connectivity index (χ0v) is 26.1. The van der Waals surface area contributed by atoms with Gasteiger partial charge in [0.15, 0.2) is 0 Å². The van der Waals surface area contributed by atoms with Gasteiger partial charge in [0.05, 0.1) is 11.7 Å². The van der Waals surface area contributed by atoms with Crippen molar-refractivity contribution in [3.8, 4) is 0 Å². The summed E-state index contributed by atoms with van der Waals surface area (Å²) in [5.41, 5.74) is 2.24. The lowest BCUT2D eigenvalue weighted by atomic mass is 9.50. The first-order chi connectivity index (χ1) is 20.1. The summed E-state index contributed by atoms with van der Waals surface area (Å²) in [7, 11) is -3.82. The summed E-state index contributed by atoms with van der Waals surface area (Å²) < 4.78 is 30.2. The van der Waals surface area contributed by atoms with Gasteiger partial charge in [-0.3, -0.25) is 0 Å². The maximum Gasteiger partial charge on any atom is 0.252 e. The summed E-state index contributed by atoms with van der Waals surface area (Å²) in [6, 6.07) is 17.6. The van der Waals surface area contributed by atoms with E-state index in [2.05, 4.69) is 38.1 Å². The molecule has 3 saturated carbocycles. The Morgan fingerprint density at radius 3 is 2.52 bits per heavy atom. The van der Waals surface area contributed by atoms with Crippen molar-refractivity contribution in [3.63, 3.8) is 0 Å². The monoisotopic (exact) mass is 603 g/mol. The molecule has 3 aromatic rings. The second-order valence-electron chi connectivity index (χ2n) is 13.6. The lowest BCUT2D eigenvalue weighted by molar-refractivity contribution is -0.0933. The Kier molecular flexibility index (Phi) is 6.87. The van der Waals surface area contributed by atoms with Gasteiger partial charge in [0.2, 0.25) is 0 Å². The molecule has 0 aliphatic heterocycles. The summed E-state index contributed by atoms with van der Waals surface area (Å²) in [5, 5.41) is 26.9. The van der Waals surface area contributed by atoms with E-state index in [1.165, 1.54) is 22.5 Å². The van der Waals surface area contributed by atoms with E-state index in [9.17, 15) is 18.6 Å². The van der Waals surface area contributed by atoms with Gasteiger partial charge in [-0.15, -0.1) is 11.3 Å². The van der Waals surface area contributed by atoms with Crippen LogP contribution in [0.5, 0.6) is 0 Å². The third kappa shape index (κ3) is 4.30. The highest BCUT2D eigenvalue weighted by Gasteiger charge is 2.62. The molecular weight excluding hydrogens is 563 g/mol. The molecule has 0 unspecified atom stereocenters. The van der Waals surface area contributed by atoms with Crippen molar-refractivity contribution in [1.82, 2.24) is 4.31 Å². The number of thiophene rings is 1. The molecule has 6 atom stereocenters. The fourth-order valence-corrected chi connectivity index (χ4v) is 11.6. The lowest BCUT2D eigenvalue weighted by Gasteiger charge is -2.56. The van der Waals surface area contributed by atoms with Gasteiger partial charge in [0, 0.05) is 18.5 Å². The highest BCUT2D eigenvalue weighted by atomic mass is 32.2. The molecule has 4 aliphatic carbocycles. The molecule has 7 heteroatoms. The Morgan fingerprint density at radius 2 is 1.71 bits per heavy atom. The first kappa shape index (κ1) is 28.5. The topological polar surface area (TPSA) is 77.8 Å². The molecular formula is C35H41NO4S2. The highest BCUT2D eigenvalue weighted by molar-refractivity contribution is 7.91. The van der Waals surface area contributed by atoms with Gasteiger partial charge >= 0.3 is 0 Å². The van der Waals surface area contributed by atoms with E-state index in [1.54, 1.807) is 21.8 Å². The summed E-state index contributed by atoms with van der Waals surface area (Å²) in [4.78, 5) is 0. The van der Waals surface area contributed by atoms with Crippen LogP contribution in [-0.2, 0) is 16.6 Å². The first-order valence-corrected chi connectivity index (χ1v) is 17.7. The van der Waals surface area contributed by atoms with Crippen molar-refractivity contribution in [2.24, 2.45) is 22.7 Å². The second-order valence-corrected chi connectivity index (χ2v) is 16.8. The van der Waals surface area contributed by atoms with Crippen LogP contribution in [0.25, 0.3) is 10.8 Å². The van der Waals surface area contributed by atoms with Crippen LogP contribution in [0, 0.1) is 22.7 Å². The maximum absolute atomic E-state index is 14.2. The van der Waals surface area contributed by atoms with E-state index in [4.69, 9.17) is 0 Å². The standard InChI is InChI=1S/C35H41NO4S2/c1-33-17-14-27(37)21-26(33)12-13-29-30(33)15-18-34(2)31(29)16-19-35(34,38)23-36(42(39,40)32-11-6-20-41-32)22-25-9-5-8-24-7-3-4-10-28(24)25/h3-13,20,27,30-31,37-38H,14-19,21-23H2,1-2H3/t27-,30-,31-,33-,34-,35+/m0/s1. The average molecular weight is 604 g/mol. The minimum absolute atomic E-state index is 0.0638. The van der Waals surface area contributed by atoms with Crippen LogP contribution in [0.15, 0.2) is 87.5 Å². The van der Waals surface area contributed by atoms with Crippen molar-refractivity contribution < 1.29 is 18.6 Å². The number of hydrogen-bond acceptors (Lipinski definition) is 5. The number of aliphatic hydroxyl groups excluding tert-OH is 1. The molecule has 0 amide bonds. The minimum Gasteiger partial charge on any atom is -0.393 e. The zero-order valence-electron chi connectivity index (χ0n) is 24.5. The molecule has 3 fully saturated rings. The van der Waals surface area contributed by atoms with Gasteiger partial charge in [-0.2, -0.15) is 4.31 Å². The average Bonchev–Trinajstić information content (AvgIpc) is 3.61. The predicted molar refractivity (Wildman–Crippen MR) is 168 cm³/mol. The Balaban J connectivity index is 1.24. The molecule has 42 heavy (non-hydrogen) atoms.